The molecule has 0 aromatic heterocycles. The molecule has 1 nitrogen and oxygen atoms in total. The molecule has 2 rings (SSSR count). The van der Waals surface area contributed by atoms with Gasteiger partial charge in [0.25, 0.3) is 0 Å². The Labute approximate surface area is 97.2 Å². The van der Waals surface area contributed by atoms with Crippen LogP contribution in [0.5, 0.6) is 0 Å². The van der Waals surface area contributed by atoms with E-state index >= 15 is 0 Å². The van der Waals surface area contributed by atoms with Gasteiger partial charge in [-0.1, -0.05) is 6.42 Å². The largest absolute Gasteiger partial charge is 0.310 e. The third-order valence-electron chi connectivity index (χ3n) is 2.60. The summed E-state index contributed by atoms with van der Waals surface area (Å²) < 4.78 is 14.1. The molecule has 1 atom stereocenters. The van der Waals surface area contributed by atoms with Crippen LogP contribution in [0.1, 0.15) is 30.9 Å². The summed E-state index contributed by atoms with van der Waals surface area (Å²) in [5.74, 6) is -0.126. The molecule has 1 aliphatic heterocycles. The lowest BCUT2D eigenvalue weighted by Gasteiger charge is -2.24. The van der Waals surface area contributed by atoms with Gasteiger partial charge in [0.1, 0.15) is 5.82 Å². The smallest absolute Gasteiger partial charge is 0.124 e. The van der Waals surface area contributed by atoms with E-state index in [4.69, 9.17) is 0 Å². The van der Waals surface area contributed by atoms with Crippen molar-refractivity contribution in [2.45, 2.75) is 25.3 Å². The number of benzene rings is 1. The summed E-state index contributed by atoms with van der Waals surface area (Å²) in [5.41, 5.74) is 1.09. The molecule has 1 aromatic carbocycles. The number of hydrogen-bond acceptors (Lipinski definition) is 1. The maximum absolute atomic E-state index is 13.2. The number of nitrogens with one attached hydrogen (secondary N) is 1. The molecule has 1 N–H and O–H groups in total. The molecule has 0 bridgehead atoms. The van der Waals surface area contributed by atoms with Crippen molar-refractivity contribution in [3.05, 3.63) is 33.1 Å². The fourth-order valence-electron chi connectivity index (χ4n) is 1.91. The van der Waals surface area contributed by atoms with Crippen molar-refractivity contribution >= 4 is 22.6 Å². The van der Waals surface area contributed by atoms with Crippen molar-refractivity contribution in [3.8, 4) is 0 Å². The van der Waals surface area contributed by atoms with Gasteiger partial charge in [0.15, 0.2) is 0 Å². The molecule has 0 amide bonds. The van der Waals surface area contributed by atoms with E-state index in [-0.39, 0.29) is 5.82 Å². The summed E-state index contributed by atoms with van der Waals surface area (Å²) in [6.07, 6.45) is 3.60. The van der Waals surface area contributed by atoms with Gasteiger partial charge >= 0.3 is 0 Å². The molecule has 1 fully saturated rings. The molecular weight excluding hydrogens is 292 g/mol. The Kier molecular flexibility index (Phi) is 3.38. The standard InChI is InChI=1S/C11H13FIN/c12-9-5-8(6-10(13)7-9)11-3-1-2-4-14-11/h5-7,11,14H,1-4H2/t11-/m0/s1. The second-order valence-electron chi connectivity index (χ2n) is 3.71. The molecule has 1 aromatic rings. The highest BCUT2D eigenvalue weighted by Gasteiger charge is 2.15. The number of halogens is 2. The highest BCUT2D eigenvalue weighted by molar-refractivity contribution is 14.1. The van der Waals surface area contributed by atoms with Crippen LogP contribution in [-0.4, -0.2) is 6.54 Å². The molecule has 0 aliphatic carbocycles. The van der Waals surface area contributed by atoms with Gasteiger partial charge in [-0.2, -0.15) is 0 Å². The zero-order valence-electron chi connectivity index (χ0n) is 7.89. The van der Waals surface area contributed by atoms with Crippen LogP contribution in [0.15, 0.2) is 18.2 Å². The summed E-state index contributed by atoms with van der Waals surface area (Å²) in [6.45, 7) is 1.05. The fourth-order valence-corrected chi connectivity index (χ4v) is 2.57. The lowest BCUT2D eigenvalue weighted by Crippen LogP contribution is -2.26. The Morgan fingerprint density at radius 2 is 2.14 bits per heavy atom. The predicted octanol–water partition coefficient (Wildman–Crippen LogP) is 3.24. The minimum absolute atomic E-state index is 0.126. The Morgan fingerprint density at radius 3 is 2.79 bits per heavy atom. The van der Waals surface area contributed by atoms with Crippen molar-refractivity contribution < 1.29 is 4.39 Å². The van der Waals surface area contributed by atoms with E-state index < -0.39 is 0 Å². The van der Waals surface area contributed by atoms with Crippen molar-refractivity contribution in [2.75, 3.05) is 6.54 Å². The minimum atomic E-state index is -0.126. The van der Waals surface area contributed by atoms with Gasteiger partial charge in [-0.3, -0.25) is 0 Å². The molecule has 0 radical (unpaired) electrons. The van der Waals surface area contributed by atoms with E-state index in [9.17, 15) is 4.39 Å². The van der Waals surface area contributed by atoms with Crippen LogP contribution in [-0.2, 0) is 0 Å². The first-order valence-corrected chi connectivity index (χ1v) is 6.03. The SMILES string of the molecule is Fc1cc(I)cc([C@@H]2CCCCN2)c1. The fraction of sp³-hybridized carbons (Fsp3) is 0.455. The third-order valence-corrected chi connectivity index (χ3v) is 3.22. The Balaban J connectivity index is 2.21. The quantitative estimate of drug-likeness (QED) is 0.786. The molecule has 1 heterocycles. The van der Waals surface area contributed by atoms with Crippen molar-refractivity contribution in [1.29, 1.82) is 0 Å². The lowest BCUT2D eigenvalue weighted by atomic mass is 9.98. The van der Waals surface area contributed by atoms with E-state index in [2.05, 4.69) is 34.0 Å². The average Bonchev–Trinajstić information content (AvgIpc) is 2.18. The van der Waals surface area contributed by atoms with Crippen molar-refractivity contribution in [1.82, 2.24) is 5.32 Å². The Morgan fingerprint density at radius 1 is 1.29 bits per heavy atom. The highest BCUT2D eigenvalue weighted by atomic mass is 127. The second kappa shape index (κ2) is 4.57. The van der Waals surface area contributed by atoms with Crippen LogP contribution >= 0.6 is 22.6 Å². The topological polar surface area (TPSA) is 12.0 Å². The van der Waals surface area contributed by atoms with E-state index in [0.29, 0.717) is 6.04 Å². The molecular formula is C11H13FIN. The number of piperidine rings is 1. The highest BCUT2D eigenvalue weighted by Crippen LogP contribution is 2.24. The zero-order chi connectivity index (χ0) is 9.97. The van der Waals surface area contributed by atoms with E-state index in [1.54, 1.807) is 12.1 Å². The van der Waals surface area contributed by atoms with E-state index in [1.807, 2.05) is 0 Å². The first-order chi connectivity index (χ1) is 6.75. The summed E-state index contributed by atoms with van der Waals surface area (Å²) in [7, 11) is 0. The van der Waals surface area contributed by atoms with Crippen LogP contribution in [0.2, 0.25) is 0 Å². The van der Waals surface area contributed by atoms with Crippen molar-refractivity contribution in [3.63, 3.8) is 0 Å². The maximum atomic E-state index is 13.2. The maximum Gasteiger partial charge on any atom is 0.124 e. The monoisotopic (exact) mass is 305 g/mol. The molecule has 14 heavy (non-hydrogen) atoms. The third kappa shape index (κ3) is 2.45. The zero-order valence-corrected chi connectivity index (χ0v) is 10.1. The van der Waals surface area contributed by atoms with Crippen LogP contribution in [0.25, 0.3) is 0 Å². The van der Waals surface area contributed by atoms with Gasteiger partial charge in [-0.15, -0.1) is 0 Å². The second-order valence-corrected chi connectivity index (χ2v) is 4.95. The molecule has 0 spiro atoms. The van der Waals surface area contributed by atoms with E-state index in [0.717, 1.165) is 22.1 Å². The van der Waals surface area contributed by atoms with Crippen LogP contribution in [0.3, 0.4) is 0 Å². The summed E-state index contributed by atoms with van der Waals surface area (Å²) >= 11 is 2.16. The van der Waals surface area contributed by atoms with Gasteiger partial charge in [-0.05, 0) is 65.7 Å². The van der Waals surface area contributed by atoms with Gasteiger partial charge in [0.2, 0.25) is 0 Å². The number of hydrogen-bond donors (Lipinski definition) is 1. The van der Waals surface area contributed by atoms with Gasteiger partial charge in [0, 0.05) is 9.61 Å². The Hall–Kier alpha value is -0.160. The molecule has 1 aliphatic rings. The normalized spacial score (nSPS) is 22.3. The lowest BCUT2D eigenvalue weighted by molar-refractivity contribution is 0.411. The summed E-state index contributed by atoms with van der Waals surface area (Å²) in [5, 5.41) is 3.42. The summed E-state index contributed by atoms with van der Waals surface area (Å²) in [4.78, 5) is 0. The predicted molar refractivity (Wildman–Crippen MR) is 63.7 cm³/mol. The summed E-state index contributed by atoms with van der Waals surface area (Å²) in [6, 6.07) is 5.62. The van der Waals surface area contributed by atoms with Gasteiger partial charge < -0.3 is 5.32 Å². The molecule has 76 valence electrons. The van der Waals surface area contributed by atoms with Crippen LogP contribution < -0.4 is 5.32 Å². The van der Waals surface area contributed by atoms with Gasteiger partial charge in [-0.25, -0.2) is 4.39 Å². The first kappa shape index (κ1) is 10.4. The van der Waals surface area contributed by atoms with Crippen LogP contribution in [0, 0.1) is 9.39 Å². The molecule has 0 unspecified atom stereocenters. The molecule has 1 saturated heterocycles. The Bertz CT molecular complexity index is 301. The van der Waals surface area contributed by atoms with E-state index in [1.165, 1.54) is 12.8 Å². The average molecular weight is 305 g/mol. The van der Waals surface area contributed by atoms with Gasteiger partial charge in [0.05, 0.1) is 0 Å². The minimum Gasteiger partial charge on any atom is -0.310 e. The van der Waals surface area contributed by atoms with Crippen molar-refractivity contribution in [2.24, 2.45) is 0 Å². The first-order valence-electron chi connectivity index (χ1n) is 4.95. The number of rotatable bonds is 1. The van der Waals surface area contributed by atoms with Crippen LogP contribution in [0.4, 0.5) is 4.39 Å². The molecule has 0 saturated carbocycles. The molecule has 3 heteroatoms.